The Morgan fingerprint density at radius 2 is 2.12 bits per heavy atom. The summed E-state index contributed by atoms with van der Waals surface area (Å²) in [6, 6.07) is 8.31. The molecule has 0 saturated carbocycles. The minimum Gasteiger partial charge on any atom is -0.495 e. The number of aromatic nitrogens is 2. The van der Waals surface area contributed by atoms with Gasteiger partial charge in [-0.05, 0) is 51.0 Å². The number of anilines is 1. The molecule has 2 heterocycles. The van der Waals surface area contributed by atoms with Gasteiger partial charge < -0.3 is 15.0 Å². The number of amides is 1. The summed E-state index contributed by atoms with van der Waals surface area (Å²) in [6.45, 7) is 8.84. The molecule has 0 aliphatic carbocycles. The van der Waals surface area contributed by atoms with Crippen LogP contribution in [0, 0.1) is 20.8 Å². The fourth-order valence-electron chi connectivity index (χ4n) is 3.62. The molecule has 6 nitrogen and oxygen atoms in total. The van der Waals surface area contributed by atoms with Gasteiger partial charge in [-0.2, -0.15) is 5.10 Å². The number of carbonyl (C=O) groups is 1. The number of hydrogen-bond donors (Lipinski definition) is 1. The number of benzene rings is 1. The second kappa shape index (κ2) is 7.91. The van der Waals surface area contributed by atoms with Crippen molar-refractivity contribution in [3.63, 3.8) is 0 Å². The first-order valence-electron chi connectivity index (χ1n) is 9.16. The van der Waals surface area contributed by atoms with Gasteiger partial charge in [0.1, 0.15) is 5.75 Å². The van der Waals surface area contributed by atoms with Crippen molar-refractivity contribution in [3.8, 4) is 5.75 Å². The topological polar surface area (TPSA) is 59.4 Å². The fraction of sp³-hybridized carbons (Fsp3) is 0.500. The first-order chi connectivity index (χ1) is 12.5. The van der Waals surface area contributed by atoms with Crippen LogP contribution in [0.25, 0.3) is 0 Å². The number of ether oxygens (including phenoxy) is 1. The highest BCUT2D eigenvalue weighted by Gasteiger charge is 2.25. The highest BCUT2D eigenvalue weighted by atomic mass is 16.5. The van der Waals surface area contributed by atoms with Gasteiger partial charge in [0.2, 0.25) is 5.91 Å². The summed E-state index contributed by atoms with van der Waals surface area (Å²) in [7, 11) is 1.61. The van der Waals surface area contributed by atoms with Crippen LogP contribution in [-0.4, -0.2) is 47.3 Å². The number of nitrogens with one attached hydrogen (secondary N) is 1. The summed E-state index contributed by atoms with van der Waals surface area (Å²) >= 11 is 0. The highest BCUT2D eigenvalue weighted by Crippen LogP contribution is 2.26. The van der Waals surface area contributed by atoms with Gasteiger partial charge in [0, 0.05) is 31.7 Å². The van der Waals surface area contributed by atoms with Crippen LogP contribution in [0.15, 0.2) is 24.3 Å². The molecule has 2 aromatic rings. The Balaban J connectivity index is 1.51. The summed E-state index contributed by atoms with van der Waals surface area (Å²) in [5.41, 5.74) is 4.10. The number of likely N-dealkylation sites (tertiary alicyclic amines) is 1. The molecule has 140 valence electrons. The average molecular weight is 356 g/mol. The minimum absolute atomic E-state index is 0.0171. The predicted octanol–water partition coefficient (Wildman–Crippen LogP) is 3.09. The summed E-state index contributed by atoms with van der Waals surface area (Å²) in [4.78, 5) is 14.7. The van der Waals surface area contributed by atoms with Crippen molar-refractivity contribution in [1.29, 1.82) is 0 Å². The van der Waals surface area contributed by atoms with Gasteiger partial charge in [0.05, 0.1) is 24.5 Å². The summed E-state index contributed by atoms with van der Waals surface area (Å²) in [5, 5.41) is 7.58. The molecule has 1 aliphatic heterocycles. The smallest absolute Gasteiger partial charge is 0.225 e. The van der Waals surface area contributed by atoms with Crippen LogP contribution in [-0.2, 0) is 4.79 Å². The summed E-state index contributed by atoms with van der Waals surface area (Å²) < 4.78 is 7.45. The van der Waals surface area contributed by atoms with E-state index in [1.807, 2.05) is 32.0 Å². The van der Waals surface area contributed by atoms with E-state index in [9.17, 15) is 4.79 Å². The summed E-state index contributed by atoms with van der Waals surface area (Å²) in [6.07, 6.45) is 1.55. The zero-order valence-electron chi connectivity index (χ0n) is 16.1. The lowest BCUT2D eigenvalue weighted by molar-refractivity contribution is -0.116. The Hall–Kier alpha value is -2.34. The molecule has 1 saturated heterocycles. The van der Waals surface area contributed by atoms with Crippen LogP contribution in [0.2, 0.25) is 0 Å². The largest absolute Gasteiger partial charge is 0.495 e. The molecular formula is C20H28N4O2. The highest BCUT2D eigenvalue weighted by molar-refractivity contribution is 5.92. The number of aryl methyl sites for hydroxylation is 3. The van der Waals surface area contributed by atoms with Crippen LogP contribution >= 0.6 is 0 Å². The standard InChI is InChI=1S/C20H28N4O2/c1-14-5-6-19(26-4)18(11-14)21-20(25)8-10-23-9-7-17(13-23)24-16(3)12-15(2)22-24/h5-6,11-12,17H,7-10,13H2,1-4H3,(H,21,25). The molecular weight excluding hydrogens is 328 g/mol. The molecule has 0 radical (unpaired) electrons. The van der Waals surface area contributed by atoms with Crippen LogP contribution in [0.5, 0.6) is 5.75 Å². The Morgan fingerprint density at radius 1 is 1.31 bits per heavy atom. The Kier molecular flexibility index (Phi) is 5.61. The molecule has 1 amide bonds. The van der Waals surface area contributed by atoms with E-state index >= 15 is 0 Å². The van der Waals surface area contributed by atoms with E-state index in [1.165, 1.54) is 5.69 Å². The SMILES string of the molecule is COc1ccc(C)cc1NC(=O)CCN1CCC(n2nc(C)cc2C)C1. The van der Waals surface area contributed by atoms with Crippen LogP contribution < -0.4 is 10.1 Å². The van der Waals surface area contributed by atoms with E-state index in [0.717, 1.165) is 43.0 Å². The third kappa shape index (κ3) is 4.25. The molecule has 6 heteroatoms. The molecule has 26 heavy (non-hydrogen) atoms. The van der Waals surface area contributed by atoms with Gasteiger partial charge in [-0.1, -0.05) is 6.07 Å². The van der Waals surface area contributed by atoms with Gasteiger partial charge in [0.15, 0.2) is 0 Å². The zero-order chi connectivity index (χ0) is 18.7. The lowest BCUT2D eigenvalue weighted by atomic mass is 10.2. The van der Waals surface area contributed by atoms with E-state index in [2.05, 4.69) is 33.0 Å². The van der Waals surface area contributed by atoms with Crippen LogP contribution in [0.1, 0.15) is 35.8 Å². The first-order valence-corrected chi connectivity index (χ1v) is 9.16. The maximum Gasteiger partial charge on any atom is 0.225 e. The third-order valence-corrected chi connectivity index (χ3v) is 4.92. The van der Waals surface area contributed by atoms with Crippen molar-refractivity contribution in [3.05, 3.63) is 41.2 Å². The second-order valence-electron chi connectivity index (χ2n) is 7.12. The predicted molar refractivity (Wildman–Crippen MR) is 103 cm³/mol. The first kappa shape index (κ1) is 18.5. The van der Waals surface area contributed by atoms with Gasteiger partial charge >= 0.3 is 0 Å². The Bertz CT molecular complexity index is 784. The molecule has 0 spiro atoms. The quantitative estimate of drug-likeness (QED) is 0.864. The van der Waals surface area contributed by atoms with Gasteiger partial charge in [-0.25, -0.2) is 0 Å². The Morgan fingerprint density at radius 3 is 2.81 bits per heavy atom. The van der Waals surface area contributed by atoms with E-state index in [4.69, 9.17) is 4.74 Å². The van der Waals surface area contributed by atoms with Crippen molar-refractivity contribution < 1.29 is 9.53 Å². The molecule has 1 aromatic heterocycles. The molecule has 1 aromatic carbocycles. The fourth-order valence-corrected chi connectivity index (χ4v) is 3.62. The van der Waals surface area contributed by atoms with Crippen molar-refractivity contribution in [2.75, 3.05) is 32.1 Å². The zero-order valence-corrected chi connectivity index (χ0v) is 16.1. The summed E-state index contributed by atoms with van der Waals surface area (Å²) in [5.74, 6) is 0.707. The molecule has 0 bridgehead atoms. The van der Waals surface area contributed by atoms with Crippen LogP contribution in [0.3, 0.4) is 0 Å². The van der Waals surface area contributed by atoms with E-state index in [1.54, 1.807) is 7.11 Å². The number of hydrogen-bond acceptors (Lipinski definition) is 4. The van der Waals surface area contributed by atoms with Crippen molar-refractivity contribution in [2.24, 2.45) is 0 Å². The lowest BCUT2D eigenvalue weighted by Crippen LogP contribution is -2.27. The van der Waals surface area contributed by atoms with Crippen molar-refractivity contribution in [1.82, 2.24) is 14.7 Å². The number of carbonyl (C=O) groups excluding carboxylic acids is 1. The monoisotopic (exact) mass is 356 g/mol. The molecule has 1 fully saturated rings. The molecule has 3 rings (SSSR count). The van der Waals surface area contributed by atoms with Gasteiger partial charge in [-0.3, -0.25) is 9.48 Å². The maximum absolute atomic E-state index is 12.3. The minimum atomic E-state index is 0.0171. The van der Waals surface area contributed by atoms with Crippen molar-refractivity contribution >= 4 is 11.6 Å². The molecule has 1 N–H and O–H groups in total. The number of rotatable bonds is 6. The molecule has 1 atom stereocenters. The molecule has 1 unspecified atom stereocenters. The second-order valence-corrected chi connectivity index (χ2v) is 7.12. The van der Waals surface area contributed by atoms with E-state index < -0.39 is 0 Å². The van der Waals surface area contributed by atoms with Crippen molar-refractivity contribution in [2.45, 2.75) is 39.7 Å². The maximum atomic E-state index is 12.3. The number of methoxy groups -OCH3 is 1. The van der Waals surface area contributed by atoms with Gasteiger partial charge in [-0.15, -0.1) is 0 Å². The average Bonchev–Trinajstić information content (AvgIpc) is 3.19. The van der Waals surface area contributed by atoms with Gasteiger partial charge in [0.25, 0.3) is 0 Å². The van der Waals surface area contributed by atoms with E-state index in [0.29, 0.717) is 18.2 Å². The van der Waals surface area contributed by atoms with E-state index in [-0.39, 0.29) is 5.91 Å². The third-order valence-electron chi connectivity index (χ3n) is 4.92. The number of nitrogens with zero attached hydrogens (tertiary/aromatic N) is 3. The Labute approximate surface area is 155 Å². The normalized spacial score (nSPS) is 17.5. The molecule has 1 aliphatic rings. The lowest BCUT2D eigenvalue weighted by Gasteiger charge is -2.17. The van der Waals surface area contributed by atoms with Crippen LogP contribution in [0.4, 0.5) is 5.69 Å².